The van der Waals surface area contributed by atoms with Gasteiger partial charge in [-0.3, -0.25) is 0 Å². The van der Waals surface area contributed by atoms with Gasteiger partial charge in [0.15, 0.2) is 16.2 Å². The number of carbonyl (C=O) groups is 1. The van der Waals surface area contributed by atoms with E-state index in [9.17, 15) is 4.79 Å². The Kier molecular flexibility index (Phi) is 18.2. The summed E-state index contributed by atoms with van der Waals surface area (Å²) in [5, 5.41) is 0. The van der Waals surface area contributed by atoms with Crippen LogP contribution in [0.2, 0.25) is 168 Å². The second-order valence-corrected chi connectivity index (χ2v) is 80.7. The maximum Gasteiger partial charge on any atom is 0.322 e. The Balaban J connectivity index is 3.09. The summed E-state index contributed by atoms with van der Waals surface area (Å²) in [6.07, 6.45) is 2.27. The van der Waals surface area contributed by atoms with Crippen LogP contribution in [0.1, 0.15) is 19.8 Å². The maximum absolute atomic E-state index is 12.2. The van der Waals surface area contributed by atoms with Gasteiger partial charge in [0.2, 0.25) is 7.83 Å². The van der Waals surface area contributed by atoms with Crippen molar-refractivity contribution in [2.75, 3.05) is 6.61 Å². The van der Waals surface area contributed by atoms with Gasteiger partial charge in [0.05, 0.1) is 15.2 Å². The molecular weight excluding hydrogens is 869 g/mol. The van der Waals surface area contributed by atoms with Crippen LogP contribution < -0.4 is 0 Å². The smallest absolute Gasteiger partial charge is 0.322 e. The molecule has 1 heterocycles. The molecule has 0 radical (unpaired) electrons. The molecule has 22 heteroatoms. The highest BCUT2D eigenvalue weighted by molar-refractivity contribution is 7.48. The molecule has 316 valence electrons. The van der Waals surface area contributed by atoms with E-state index in [2.05, 4.69) is 131 Å². The van der Waals surface area contributed by atoms with Crippen LogP contribution in [0.25, 0.3) is 0 Å². The Morgan fingerprint density at radius 1 is 0.585 bits per heavy atom. The fraction of sp³-hybridized carbons (Fsp3) is 0.968. The molecule has 1 rings (SSSR count). The van der Waals surface area contributed by atoms with E-state index >= 15 is 0 Å². The van der Waals surface area contributed by atoms with Gasteiger partial charge in [0.1, 0.15) is 5.91 Å². The van der Waals surface area contributed by atoms with Gasteiger partial charge in [-0.25, -0.2) is 0 Å². The molecule has 0 aliphatic carbocycles. The second kappa shape index (κ2) is 18.3. The van der Waals surface area contributed by atoms with Crippen molar-refractivity contribution in [2.45, 2.75) is 188 Å². The SMILES string of the molecule is CC[Si]1(C)CCCCO[Si](C)(C)O[Si](C)(CC[Si](C)(C)[Si](C)(C)O[Si](C)(C)O[Si](C)(C)O[Si](C)(C)O[Si](C)(C)O[Si](C)(C)O[Si](C)(C=O)[Si](C)(C)C)O1. The molecule has 0 aromatic carbocycles. The molecule has 0 bridgehead atoms. The van der Waals surface area contributed by atoms with Crippen LogP contribution in [0.4, 0.5) is 0 Å². The molecule has 0 N–H and O–H groups in total. The predicted octanol–water partition coefficient (Wildman–Crippen LogP) is 10.6. The lowest BCUT2D eigenvalue weighted by molar-refractivity contribution is 0.218. The average molecular weight is 954 g/mol. The third-order valence-corrected chi connectivity index (χ3v) is 76.8. The first-order chi connectivity index (χ1) is 23.2. The molecule has 10 nitrogen and oxygen atoms in total. The van der Waals surface area contributed by atoms with Crippen molar-refractivity contribution in [3.63, 3.8) is 0 Å². The van der Waals surface area contributed by atoms with Crippen molar-refractivity contribution in [1.82, 2.24) is 0 Å². The zero-order valence-electron chi connectivity index (χ0n) is 38.6. The molecular formula is C31H84O10Si12. The number of carbonyl (C=O) groups excluding carboxylic acids is 1. The van der Waals surface area contributed by atoms with E-state index < -0.39 is 99.1 Å². The molecule has 0 amide bonds. The van der Waals surface area contributed by atoms with E-state index in [1.165, 1.54) is 12.5 Å². The zero-order valence-corrected chi connectivity index (χ0v) is 50.6. The van der Waals surface area contributed by atoms with Gasteiger partial charge in [-0.1, -0.05) is 52.1 Å². The van der Waals surface area contributed by atoms with Crippen LogP contribution in [0.15, 0.2) is 0 Å². The van der Waals surface area contributed by atoms with Gasteiger partial charge in [-0.2, -0.15) is 0 Å². The third kappa shape index (κ3) is 17.6. The van der Waals surface area contributed by atoms with E-state index in [-0.39, 0.29) is 0 Å². The molecule has 3 unspecified atom stereocenters. The second-order valence-electron chi connectivity index (χ2n) is 20.8. The largest absolute Gasteiger partial charge is 0.439 e. The topological polar surface area (TPSA) is 100 Å². The lowest BCUT2D eigenvalue weighted by atomic mass is 10.4. The molecule has 1 saturated heterocycles. The Morgan fingerprint density at radius 2 is 1.00 bits per heavy atom. The lowest BCUT2D eigenvalue weighted by Gasteiger charge is -2.47. The van der Waals surface area contributed by atoms with Gasteiger partial charge in [-0.15, -0.1) is 0 Å². The van der Waals surface area contributed by atoms with Crippen LogP contribution in [0.3, 0.4) is 0 Å². The summed E-state index contributed by atoms with van der Waals surface area (Å²) in [6, 6.07) is 4.39. The highest BCUT2D eigenvalue weighted by atomic mass is 29.3. The van der Waals surface area contributed by atoms with Crippen molar-refractivity contribution in [2.24, 2.45) is 0 Å². The summed E-state index contributed by atoms with van der Waals surface area (Å²) in [5.41, 5.74) is 0. The van der Waals surface area contributed by atoms with Crippen LogP contribution in [0.5, 0.6) is 0 Å². The standard InChI is InChI=1S/C31H84O10Si12/c1-24-51(21)28-26-25-27-33-44(7,8)39-52(22,41-51)30-29-43(5,6)50(19,20)38-48(15,16)36-46(11,12)34-45(9,10)35-47(13,14)37-49(17,18)40-53(23,31-32)42(2,3)4/h31H,24-30H2,1-23H3. The summed E-state index contributed by atoms with van der Waals surface area (Å²) in [5.74, 6) is 1.11. The fourth-order valence-corrected chi connectivity index (χ4v) is 72.3. The van der Waals surface area contributed by atoms with Crippen molar-refractivity contribution < 1.29 is 42.1 Å². The van der Waals surface area contributed by atoms with Crippen LogP contribution in [-0.2, 0) is 42.1 Å². The highest BCUT2D eigenvalue weighted by Crippen LogP contribution is 2.37. The van der Waals surface area contributed by atoms with Gasteiger partial charge in [-0.05, 0) is 136 Å². The quantitative estimate of drug-likeness (QED) is 0.0919. The number of hydrogen-bond acceptors (Lipinski definition) is 10. The first kappa shape index (κ1) is 52.9. The number of rotatable bonds is 19. The lowest BCUT2D eigenvalue weighted by Crippen LogP contribution is -2.66. The van der Waals surface area contributed by atoms with Crippen LogP contribution in [-0.4, -0.2) is 112 Å². The third-order valence-electron chi connectivity index (χ3n) is 10.7. The summed E-state index contributed by atoms with van der Waals surface area (Å²) in [4.78, 5) is 12.2. The Morgan fingerprint density at radius 3 is 1.40 bits per heavy atom. The van der Waals surface area contributed by atoms with Crippen molar-refractivity contribution in [1.29, 1.82) is 0 Å². The van der Waals surface area contributed by atoms with E-state index in [0.29, 0.717) is 0 Å². The minimum absolute atomic E-state index is 0.797. The van der Waals surface area contributed by atoms with Gasteiger partial charge in [0, 0.05) is 6.61 Å². The molecule has 1 aliphatic rings. The van der Waals surface area contributed by atoms with Crippen molar-refractivity contribution in [3.05, 3.63) is 0 Å². The van der Waals surface area contributed by atoms with Crippen LogP contribution in [0, 0.1) is 0 Å². The fourth-order valence-electron chi connectivity index (χ4n) is 7.34. The monoisotopic (exact) mass is 952 g/mol. The summed E-state index contributed by atoms with van der Waals surface area (Å²) < 4.78 is 62.0. The molecule has 53 heavy (non-hydrogen) atoms. The van der Waals surface area contributed by atoms with Crippen molar-refractivity contribution >= 4 is 105 Å². The van der Waals surface area contributed by atoms with E-state index in [0.717, 1.165) is 37.1 Å². The maximum atomic E-state index is 12.2. The molecule has 0 aromatic heterocycles. The summed E-state index contributed by atoms with van der Waals surface area (Å²) >= 11 is 0. The summed E-state index contributed by atoms with van der Waals surface area (Å²) in [6.45, 7) is 51.7. The first-order valence-electron chi connectivity index (χ1n) is 19.9. The highest BCUT2D eigenvalue weighted by Gasteiger charge is 2.54. The first-order valence-corrected chi connectivity index (χ1v) is 56.3. The average Bonchev–Trinajstić information content (AvgIpc) is 2.86. The molecule has 1 aliphatic heterocycles. The van der Waals surface area contributed by atoms with Crippen LogP contribution >= 0.6 is 0 Å². The molecule has 3 atom stereocenters. The van der Waals surface area contributed by atoms with E-state index in [1.54, 1.807) is 0 Å². The van der Waals surface area contributed by atoms with Gasteiger partial charge in [0.25, 0.3) is 0 Å². The number of hydrogen-bond donors (Lipinski definition) is 0. The zero-order chi connectivity index (χ0) is 42.0. The summed E-state index contributed by atoms with van der Waals surface area (Å²) in [7, 11) is -28.5. The Labute approximate surface area is 339 Å². The van der Waals surface area contributed by atoms with E-state index in [1.807, 2.05) is 19.6 Å². The Bertz CT molecular complexity index is 1210. The normalized spacial score (nSPS) is 24.8. The van der Waals surface area contributed by atoms with Gasteiger partial charge < -0.3 is 42.1 Å². The minimum Gasteiger partial charge on any atom is -0.439 e. The Hall–Kier alpha value is 1.91. The molecule has 1 fully saturated rings. The van der Waals surface area contributed by atoms with Gasteiger partial charge >= 0.3 is 59.9 Å². The van der Waals surface area contributed by atoms with E-state index in [4.69, 9.17) is 37.3 Å². The van der Waals surface area contributed by atoms with Crippen molar-refractivity contribution in [3.8, 4) is 0 Å². The predicted molar refractivity (Wildman–Crippen MR) is 254 cm³/mol. The molecule has 0 spiro atoms. The minimum atomic E-state index is -2.70. The molecule has 0 aromatic rings. The molecule has 0 saturated carbocycles.